The fraction of sp³-hybridized carbons (Fsp3) is 0.538. The summed E-state index contributed by atoms with van der Waals surface area (Å²) in [5, 5.41) is 14.1. The van der Waals surface area contributed by atoms with Gasteiger partial charge in [0.2, 0.25) is 10.0 Å². The minimum atomic E-state index is -3.88. The smallest absolute Gasteiger partial charge is 0.291 e. The zero-order valence-corrected chi connectivity index (χ0v) is 12.9. The lowest BCUT2D eigenvalue weighted by Gasteiger charge is -2.12. The highest BCUT2D eigenvalue weighted by molar-refractivity contribution is 7.89. The highest BCUT2D eigenvalue weighted by atomic mass is 32.2. The van der Waals surface area contributed by atoms with Crippen LogP contribution in [0, 0.1) is 15.5 Å². The van der Waals surface area contributed by atoms with Crippen molar-refractivity contribution < 1.29 is 13.3 Å². The Morgan fingerprint density at radius 2 is 2.05 bits per heavy atom. The van der Waals surface area contributed by atoms with Crippen LogP contribution in [0.5, 0.6) is 0 Å². The summed E-state index contributed by atoms with van der Waals surface area (Å²) in [6, 6.07) is 4.05. The number of nitro benzene ring substituents is 1. The van der Waals surface area contributed by atoms with Gasteiger partial charge < -0.3 is 5.32 Å². The van der Waals surface area contributed by atoms with E-state index in [4.69, 9.17) is 0 Å². The number of rotatable bonds is 7. The molecule has 1 saturated carbocycles. The lowest BCUT2D eigenvalue weighted by molar-refractivity contribution is -0.387. The van der Waals surface area contributed by atoms with Gasteiger partial charge in [-0.1, -0.05) is 6.92 Å². The zero-order valence-electron chi connectivity index (χ0n) is 12.0. The van der Waals surface area contributed by atoms with Crippen LogP contribution in [0.3, 0.4) is 0 Å². The number of nitro groups is 1. The number of nitrogens with one attached hydrogen (secondary N) is 2. The Balaban J connectivity index is 2.30. The van der Waals surface area contributed by atoms with Gasteiger partial charge in [-0.25, -0.2) is 13.1 Å². The van der Waals surface area contributed by atoms with Gasteiger partial charge in [0.15, 0.2) is 4.90 Å². The summed E-state index contributed by atoms with van der Waals surface area (Å²) in [6.07, 6.45) is 1.94. The van der Waals surface area contributed by atoms with Crippen molar-refractivity contribution in [3.63, 3.8) is 0 Å². The molecule has 0 atom stereocenters. The van der Waals surface area contributed by atoms with Crippen molar-refractivity contribution in [1.82, 2.24) is 4.72 Å². The molecule has 0 saturated heterocycles. The maximum atomic E-state index is 12.3. The van der Waals surface area contributed by atoms with Crippen LogP contribution in [0.2, 0.25) is 0 Å². The topological polar surface area (TPSA) is 101 Å². The van der Waals surface area contributed by atoms with Crippen molar-refractivity contribution in [3.05, 3.63) is 28.3 Å². The summed E-state index contributed by atoms with van der Waals surface area (Å²) in [5.41, 5.74) is 0.102. The van der Waals surface area contributed by atoms with Gasteiger partial charge in [0.25, 0.3) is 5.69 Å². The van der Waals surface area contributed by atoms with Crippen LogP contribution in [0.1, 0.15) is 26.7 Å². The molecule has 0 spiro atoms. The predicted octanol–water partition coefficient (Wildman–Crippen LogP) is 2.10. The average molecular weight is 313 g/mol. The third-order valence-corrected chi connectivity index (χ3v) is 5.07. The second-order valence-corrected chi connectivity index (χ2v) is 7.34. The maximum absolute atomic E-state index is 12.3. The highest BCUT2D eigenvalue weighted by Crippen LogP contribution is 2.44. The molecule has 1 fully saturated rings. The normalized spacial score (nSPS) is 16.5. The Bertz CT molecular complexity index is 653. The standard InChI is InChI=1S/C13H19N3O4S/c1-3-14-10-4-5-12(11(8-10)16(17)18)21(19,20)15-9-13(2)6-7-13/h4-5,8,14-15H,3,6-7,9H2,1-2H3. The first-order chi connectivity index (χ1) is 9.77. The molecular formula is C13H19N3O4S. The Morgan fingerprint density at radius 3 is 2.57 bits per heavy atom. The molecule has 1 aromatic carbocycles. The van der Waals surface area contributed by atoms with Gasteiger partial charge >= 0.3 is 0 Å². The Morgan fingerprint density at radius 1 is 1.38 bits per heavy atom. The summed E-state index contributed by atoms with van der Waals surface area (Å²) in [4.78, 5) is 10.2. The predicted molar refractivity (Wildman–Crippen MR) is 79.8 cm³/mol. The SMILES string of the molecule is CCNc1ccc(S(=O)(=O)NCC2(C)CC2)c([N+](=O)[O-])c1. The fourth-order valence-corrected chi connectivity index (χ4v) is 3.29. The van der Waals surface area contributed by atoms with Gasteiger partial charge in [-0.3, -0.25) is 10.1 Å². The molecule has 1 aliphatic carbocycles. The molecule has 7 nitrogen and oxygen atoms in total. The molecule has 2 N–H and O–H groups in total. The van der Waals surface area contributed by atoms with Crippen molar-refractivity contribution in [2.45, 2.75) is 31.6 Å². The fourth-order valence-electron chi connectivity index (χ4n) is 1.94. The van der Waals surface area contributed by atoms with E-state index in [-0.39, 0.29) is 10.3 Å². The third-order valence-electron chi connectivity index (χ3n) is 3.62. The second kappa shape index (κ2) is 5.61. The van der Waals surface area contributed by atoms with Gasteiger partial charge in [0.05, 0.1) is 4.92 Å². The van der Waals surface area contributed by atoms with Crippen molar-refractivity contribution in [2.75, 3.05) is 18.4 Å². The largest absolute Gasteiger partial charge is 0.385 e. The number of anilines is 1. The Labute approximate surface area is 123 Å². The average Bonchev–Trinajstić information content (AvgIpc) is 3.15. The van der Waals surface area contributed by atoms with Crippen LogP contribution in [0.25, 0.3) is 0 Å². The van der Waals surface area contributed by atoms with Crippen molar-refractivity contribution >= 4 is 21.4 Å². The molecule has 116 valence electrons. The van der Waals surface area contributed by atoms with E-state index in [1.807, 2.05) is 13.8 Å². The van der Waals surface area contributed by atoms with E-state index >= 15 is 0 Å². The van der Waals surface area contributed by atoms with Gasteiger partial charge in [-0.15, -0.1) is 0 Å². The Kier molecular flexibility index (Phi) is 4.20. The summed E-state index contributed by atoms with van der Waals surface area (Å²) in [7, 11) is -3.88. The molecule has 0 aliphatic heterocycles. The summed E-state index contributed by atoms with van der Waals surface area (Å²) in [5.74, 6) is 0. The van der Waals surface area contributed by atoms with Crippen LogP contribution >= 0.6 is 0 Å². The molecule has 2 rings (SSSR count). The van der Waals surface area contributed by atoms with E-state index in [0.29, 0.717) is 18.8 Å². The summed E-state index contributed by atoms with van der Waals surface area (Å²) >= 11 is 0. The molecular weight excluding hydrogens is 294 g/mol. The minimum absolute atomic E-state index is 0.00838. The van der Waals surface area contributed by atoms with Crippen LogP contribution < -0.4 is 10.0 Å². The van der Waals surface area contributed by atoms with Crippen molar-refractivity contribution in [1.29, 1.82) is 0 Å². The van der Waals surface area contributed by atoms with Crippen LogP contribution in [-0.2, 0) is 10.0 Å². The summed E-state index contributed by atoms with van der Waals surface area (Å²) < 4.78 is 27.0. The van der Waals surface area contributed by atoms with Crippen molar-refractivity contribution in [2.24, 2.45) is 5.41 Å². The molecule has 21 heavy (non-hydrogen) atoms. The quantitative estimate of drug-likeness (QED) is 0.593. The van der Waals surface area contributed by atoms with Crippen LogP contribution in [-0.4, -0.2) is 26.4 Å². The first-order valence-corrected chi connectivity index (χ1v) is 8.28. The molecule has 0 bridgehead atoms. The van der Waals surface area contributed by atoms with E-state index in [1.165, 1.54) is 18.2 Å². The zero-order chi connectivity index (χ0) is 15.7. The highest BCUT2D eigenvalue weighted by Gasteiger charge is 2.38. The molecule has 0 radical (unpaired) electrons. The number of nitrogens with zero attached hydrogens (tertiary/aromatic N) is 1. The summed E-state index contributed by atoms with van der Waals surface area (Å²) in [6.45, 7) is 4.74. The number of benzene rings is 1. The molecule has 0 unspecified atom stereocenters. The number of sulfonamides is 1. The lowest BCUT2D eigenvalue weighted by Crippen LogP contribution is -2.29. The monoisotopic (exact) mass is 313 g/mol. The molecule has 1 aromatic rings. The molecule has 0 aromatic heterocycles. The van der Waals surface area contributed by atoms with E-state index in [0.717, 1.165) is 12.8 Å². The van der Waals surface area contributed by atoms with Gasteiger partial charge in [0.1, 0.15) is 0 Å². The minimum Gasteiger partial charge on any atom is -0.385 e. The Hall–Kier alpha value is -1.67. The first kappa shape index (κ1) is 15.7. The molecule has 0 amide bonds. The van der Waals surface area contributed by atoms with Gasteiger partial charge in [0, 0.05) is 24.8 Å². The molecule has 8 heteroatoms. The van der Waals surface area contributed by atoms with E-state index in [1.54, 1.807) is 0 Å². The van der Waals surface area contributed by atoms with Crippen molar-refractivity contribution in [3.8, 4) is 0 Å². The maximum Gasteiger partial charge on any atom is 0.291 e. The number of hydrogen-bond donors (Lipinski definition) is 2. The van der Waals surface area contributed by atoms with E-state index < -0.39 is 20.6 Å². The lowest BCUT2D eigenvalue weighted by atomic mass is 10.2. The number of hydrogen-bond acceptors (Lipinski definition) is 5. The van der Waals surface area contributed by atoms with Gasteiger partial charge in [-0.05, 0) is 37.3 Å². The van der Waals surface area contributed by atoms with Crippen LogP contribution in [0.15, 0.2) is 23.1 Å². The molecule has 1 aliphatic rings. The van der Waals surface area contributed by atoms with E-state index in [2.05, 4.69) is 10.0 Å². The van der Waals surface area contributed by atoms with Gasteiger partial charge in [-0.2, -0.15) is 0 Å². The van der Waals surface area contributed by atoms with Crippen LogP contribution in [0.4, 0.5) is 11.4 Å². The molecule has 0 heterocycles. The first-order valence-electron chi connectivity index (χ1n) is 6.79. The third kappa shape index (κ3) is 3.70. The van der Waals surface area contributed by atoms with E-state index in [9.17, 15) is 18.5 Å². The second-order valence-electron chi connectivity index (χ2n) is 5.61.